The number of halogens is 3. The summed E-state index contributed by atoms with van der Waals surface area (Å²) in [5.41, 5.74) is 1.40. The van der Waals surface area contributed by atoms with E-state index < -0.39 is 0 Å². The van der Waals surface area contributed by atoms with E-state index >= 15 is 0 Å². The van der Waals surface area contributed by atoms with Gasteiger partial charge in [0.15, 0.2) is 0 Å². The Labute approximate surface area is 126 Å². The zero-order valence-corrected chi connectivity index (χ0v) is 12.8. The van der Waals surface area contributed by atoms with Crippen LogP contribution in [0.5, 0.6) is 0 Å². The molecule has 1 nitrogen and oxygen atoms in total. The summed E-state index contributed by atoms with van der Waals surface area (Å²) >= 11 is 3.20. The molecular weight excluding hydrogens is 324 g/mol. The molecule has 4 heteroatoms. The van der Waals surface area contributed by atoms with Gasteiger partial charge in [-0.3, -0.25) is 0 Å². The van der Waals surface area contributed by atoms with Crippen LogP contribution in [0.4, 0.5) is 8.78 Å². The minimum Gasteiger partial charge on any atom is -0.306 e. The van der Waals surface area contributed by atoms with Crippen molar-refractivity contribution in [2.75, 3.05) is 6.54 Å². The van der Waals surface area contributed by atoms with Crippen molar-refractivity contribution >= 4 is 15.9 Å². The predicted octanol–water partition coefficient (Wildman–Crippen LogP) is 4.82. The molecule has 0 aliphatic rings. The summed E-state index contributed by atoms with van der Waals surface area (Å²) in [6, 6.07) is 11.1. The summed E-state index contributed by atoms with van der Waals surface area (Å²) in [6.07, 6.45) is 0.938. The fourth-order valence-corrected chi connectivity index (χ4v) is 2.48. The average molecular weight is 340 g/mol. The lowest BCUT2D eigenvalue weighted by molar-refractivity contribution is 0.542. The van der Waals surface area contributed by atoms with Crippen LogP contribution in [0.1, 0.15) is 30.5 Å². The maximum absolute atomic E-state index is 14.3. The monoisotopic (exact) mass is 339 g/mol. The second kappa shape index (κ2) is 6.95. The molecule has 0 aromatic heterocycles. The van der Waals surface area contributed by atoms with Crippen LogP contribution in [0.3, 0.4) is 0 Å². The highest BCUT2D eigenvalue weighted by molar-refractivity contribution is 9.10. The van der Waals surface area contributed by atoms with E-state index in [2.05, 4.69) is 21.2 Å². The molecular formula is C16H16BrF2N. The fraction of sp³-hybridized carbons (Fsp3) is 0.250. The number of benzene rings is 2. The van der Waals surface area contributed by atoms with Gasteiger partial charge in [-0.15, -0.1) is 0 Å². The summed E-state index contributed by atoms with van der Waals surface area (Å²) in [5, 5.41) is 3.31. The highest BCUT2D eigenvalue weighted by Gasteiger charge is 2.18. The van der Waals surface area contributed by atoms with Gasteiger partial charge in [0.2, 0.25) is 0 Å². The number of hydrogen-bond donors (Lipinski definition) is 1. The SMILES string of the molecule is CCCNC(c1ccc(F)cc1)c1cccc(Br)c1F. The van der Waals surface area contributed by atoms with Crippen LogP contribution >= 0.6 is 15.9 Å². The molecule has 2 aromatic rings. The molecule has 0 radical (unpaired) electrons. The summed E-state index contributed by atoms with van der Waals surface area (Å²) in [5.74, 6) is -0.580. The molecule has 2 aromatic carbocycles. The Morgan fingerprint density at radius 3 is 2.45 bits per heavy atom. The van der Waals surface area contributed by atoms with E-state index in [1.165, 1.54) is 12.1 Å². The van der Waals surface area contributed by atoms with E-state index in [4.69, 9.17) is 0 Å². The minimum atomic E-state index is -0.294. The molecule has 0 heterocycles. The Morgan fingerprint density at radius 1 is 1.10 bits per heavy atom. The Hall–Kier alpha value is -1.26. The summed E-state index contributed by atoms with van der Waals surface area (Å²) in [7, 11) is 0. The van der Waals surface area contributed by atoms with Gasteiger partial charge < -0.3 is 5.32 Å². The zero-order chi connectivity index (χ0) is 14.5. The number of hydrogen-bond acceptors (Lipinski definition) is 1. The van der Waals surface area contributed by atoms with Gasteiger partial charge in [-0.1, -0.05) is 31.2 Å². The number of nitrogens with one attached hydrogen (secondary N) is 1. The molecule has 1 N–H and O–H groups in total. The van der Waals surface area contributed by atoms with Crippen LogP contribution in [-0.2, 0) is 0 Å². The first kappa shape index (κ1) is 15.1. The highest BCUT2D eigenvalue weighted by Crippen LogP contribution is 2.28. The van der Waals surface area contributed by atoms with Gasteiger partial charge in [-0.25, -0.2) is 8.78 Å². The molecule has 0 spiro atoms. The van der Waals surface area contributed by atoms with Crippen LogP contribution in [-0.4, -0.2) is 6.54 Å². The van der Waals surface area contributed by atoms with Gasteiger partial charge in [0.1, 0.15) is 11.6 Å². The predicted molar refractivity (Wildman–Crippen MR) is 80.6 cm³/mol. The van der Waals surface area contributed by atoms with Gasteiger partial charge >= 0.3 is 0 Å². The summed E-state index contributed by atoms with van der Waals surface area (Å²) in [6.45, 7) is 2.81. The molecule has 0 aliphatic carbocycles. The lowest BCUT2D eigenvalue weighted by atomic mass is 9.98. The molecule has 1 atom stereocenters. The van der Waals surface area contributed by atoms with Crippen molar-refractivity contribution in [3.05, 3.63) is 69.7 Å². The molecule has 0 aliphatic heterocycles. The molecule has 1 unspecified atom stereocenters. The molecule has 2 rings (SSSR count). The van der Waals surface area contributed by atoms with E-state index in [9.17, 15) is 8.78 Å². The van der Waals surface area contributed by atoms with Crippen molar-refractivity contribution in [3.63, 3.8) is 0 Å². The van der Waals surface area contributed by atoms with Crippen molar-refractivity contribution < 1.29 is 8.78 Å². The van der Waals surface area contributed by atoms with Crippen molar-refractivity contribution in [1.82, 2.24) is 5.32 Å². The first-order valence-electron chi connectivity index (χ1n) is 6.56. The maximum atomic E-state index is 14.3. The molecule has 0 bridgehead atoms. The number of rotatable bonds is 5. The Morgan fingerprint density at radius 2 is 1.80 bits per heavy atom. The third kappa shape index (κ3) is 3.44. The summed E-state index contributed by atoms with van der Waals surface area (Å²) < 4.78 is 27.8. The first-order valence-corrected chi connectivity index (χ1v) is 7.35. The van der Waals surface area contributed by atoms with Crippen molar-refractivity contribution in [1.29, 1.82) is 0 Å². The minimum absolute atomic E-state index is 0.284. The van der Waals surface area contributed by atoms with Gasteiger partial charge in [-0.2, -0.15) is 0 Å². The van der Waals surface area contributed by atoms with Crippen LogP contribution in [0.25, 0.3) is 0 Å². The molecule has 20 heavy (non-hydrogen) atoms. The van der Waals surface area contributed by atoms with E-state index in [-0.39, 0.29) is 17.7 Å². The Balaban J connectivity index is 2.41. The quantitative estimate of drug-likeness (QED) is 0.823. The standard InChI is InChI=1S/C16H16BrF2N/c1-2-10-20-16(11-6-8-12(18)9-7-11)13-4-3-5-14(17)15(13)19/h3-9,16,20H,2,10H2,1H3. The van der Waals surface area contributed by atoms with Crippen LogP contribution in [0, 0.1) is 11.6 Å². The van der Waals surface area contributed by atoms with Crippen molar-refractivity contribution in [2.45, 2.75) is 19.4 Å². The molecule has 106 valence electrons. The third-order valence-electron chi connectivity index (χ3n) is 3.09. The van der Waals surface area contributed by atoms with E-state index in [0.717, 1.165) is 18.5 Å². The smallest absolute Gasteiger partial charge is 0.142 e. The van der Waals surface area contributed by atoms with Gasteiger partial charge in [0.25, 0.3) is 0 Å². The van der Waals surface area contributed by atoms with E-state index in [0.29, 0.717) is 10.0 Å². The van der Waals surface area contributed by atoms with Crippen molar-refractivity contribution in [3.8, 4) is 0 Å². The lowest BCUT2D eigenvalue weighted by Crippen LogP contribution is -2.24. The lowest BCUT2D eigenvalue weighted by Gasteiger charge is -2.20. The van der Waals surface area contributed by atoms with Gasteiger partial charge in [-0.05, 0) is 52.7 Å². The maximum Gasteiger partial charge on any atom is 0.142 e. The third-order valence-corrected chi connectivity index (χ3v) is 3.71. The molecule has 0 amide bonds. The van der Waals surface area contributed by atoms with E-state index in [1.54, 1.807) is 30.3 Å². The van der Waals surface area contributed by atoms with Crippen LogP contribution in [0.2, 0.25) is 0 Å². The second-order valence-electron chi connectivity index (χ2n) is 4.58. The van der Waals surface area contributed by atoms with Crippen LogP contribution in [0.15, 0.2) is 46.9 Å². The van der Waals surface area contributed by atoms with Gasteiger partial charge in [0.05, 0.1) is 10.5 Å². The normalized spacial score (nSPS) is 12.4. The average Bonchev–Trinajstić information content (AvgIpc) is 2.45. The van der Waals surface area contributed by atoms with Crippen molar-refractivity contribution in [2.24, 2.45) is 0 Å². The van der Waals surface area contributed by atoms with Gasteiger partial charge in [0, 0.05) is 5.56 Å². The Bertz CT molecular complexity index is 569. The summed E-state index contributed by atoms with van der Waals surface area (Å²) in [4.78, 5) is 0. The highest BCUT2D eigenvalue weighted by atomic mass is 79.9. The Kier molecular flexibility index (Phi) is 5.26. The first-order chi connectivity index (χ1) is 9.63. The second-order valence-corrected chi connectivity index (χ2v) is 5.44. The largest absolute Gasteiger partial charge is 0.306 e. The fourth-order valence-electron chi connectivity index (χ4n) is 2.09. The molecule has 0 fully saturated rings. The van der Waals surface area contributed by atoms with E-state index in [1.807, 2.05) is 6.92 Å². The topological polar surface area (TPSA) is 12.0 Å². The molecule has 0 saturated heterocycles. The van der Waals surface area contributed by atoms with Crippen LogP contribution < -0.4 is 5.32 Å². The molecule has 0 saturated carbocycles. The zero-order valence-electron chi connectivity index (χ0n) is 11.2.